The smallest absolute Gasteiger partial charge is 0.255 e. The van der Waals surface area contributed by atoms with E-state index in [0.717, 1.165) is 11.3 Å². The lowest BCUT2D eigenvalue weighted by Gasteiger charge is -2.26. The normalized spacial score (nSPS) is 15.9. The zero-order chi connectivity index (χ0) is 24.3. The number of para-hydroxylation sites is 2. The van der Waals surface area contributed by atoms with Crippen LogP contribution in [0.4, 0.5) is 11.4 Å². The molecule has 4 rings (SSSR count). The first-order valence-corrected chi connectivity index (χ1v) is 12.5. The first-order valence-electron chi connectivity index (χ1n) is 11.5. The molecule has 1 atom stereocenters. The topological polar surface area (TPSA) is 58.6 Å². The Morgan fingerprint density at radius 3 is 2.35 bits per heavy atom. The minimum Gasteiger partial charge on any atom is -0.492 e. The molecule has 0 saturated carbocycles. The molecule has 0 aliphatic carbocycles. The summed E-state index contributed by atoms with van der Waals surface area (Å²) in [6, 6.07) is 23.0. The molecule has 34 heavy (non-hydrogen) atoms. The zero-order valence-electron chi connectivity index (χ0n) is 20.0. The van der Waals surface area contributed by atoms with Gasteiger partial charge in [-0.2, -0.15) is 0 Å². The van der Waals surface area contributed by atoms with E-state index in [1.54, 1.807) is 16.7 Å². The Labute approximate surface area is 205 Å². The van der Waals surface area contributed by atoms with Gasteiger partial charge in [0.2, 0.25) is 5.91 Å². The molecule has 1 heterocycles. The number of rotatable bonds is 6. The fourth-order valence-electron chi connectivity index (χ4n) is 3.92. The first kappa shape index (κ1) is 23.9. The highest BCUT2D eigenvalue weighted by atomic mass is 32.2. The van der Waals surface area contributed by atoms with Crippen LogP contribution >= 0.6 is 11.8 Å². The maximum atomic E-state index is 12.8. The molecule has 3 aromatic rings. The van der Waals surface area contributed by atoms with E-state index < -0.39 is 0 Å². The van der Waals surface area contributed by atoms with Crippen molar-refractivity contribution < 1.29 is 14.3 Å². The average Bonchev–Trinajstić information content (AvgIpc) is 3.21. The van der Waals surface area contributed by atoms with Crippen LogP contribution in [0.1, 0.15) is 54.6 Å². The Bertz CT molecular complexity index is 1170. The van der Waals surface area contributed by atoms with Gasteiger partial charge in [-0.05, 0) is 59.9 Å². The molecule has 0 bridgehead atoms. The maximum Gasteiger partial charge on any atom is 0.255 e. The summed E-state index contributed by atoms with van der Waals surface area (Å²) in [4.78, 5) is 27.3. The predicted octanol–water partition coefficient (Wildman–Crippen LogP) is 6.41. The summed E-state index contributed by atoms with van der Waals surface area (Å²) in [5.41, 5.74) is 4.33. The molecule has 0 spiro atoms. The Balaban J connectivity index is 1.50. The van der Waals surface area contributed by atoms with Crippen molar-refractivity contribution in [3.05, 3.63) is 89.5 Å². The highest BCUT2D eigenvalue weighted by molar-refractivity contribution is 8.00. The van der Waals surface area contributed by atoms with E-state index in [-0.39, 0.29) is 22.6 Å². The quantitative estimate of drug-likeness (QED) is 0.448. The molecule has 0 aromatic heterocycles. The molecule has 176 valence electrons. The van der Waals surface area contributed by atoms with E-state index in [0.29, 0.717) is 29.4 Å². The number of benzene rings is 3. The third kappa shape index (κ3) is 5.12. The lowest BCUT2D eigenvalue weighted by Crippen LogP contribution is -2.28. The van der Waals surface area contributed by atoms with Crippen LogP contribution in [0.5, 0.6) is 5.75 Å². The van der Waals surface area contributed by atoms with Crippen molar-refractivity contribution in [3.8, 4) is 5.75 Å². The molecular formula is C28H30N2O3S. The van der Waals surface area contributed by atoms with Gasteiger partial charge >= 0.3 is 0 Å². The maximum absolute atomic E-state index is 12.8. The second-order valence-corrected chi connectivity index (χ2v) is 10.3. The van der Waals surface area contributed by atoms with Crippen molar-refractivity contribution in [1.82, 2.24) is 0 Å². The Kier molecular flexibility index (Phi) is 6.98. The minimum absolute atomic E-state index is 0.0432. The van der Waals surface area contributed by atoms with Gasteiger partial charge in [0.15, 0.2) is 0 Å². The molecular weight excluding hydrogens is 444 g/mol. The van der Waals surface area contributed by atoms with Crippen molar-refractivity contribution in [3.63, 3.8) is 0 Å². The van der Waals surface area contributed by atoms with Gasteiger partial charge in [0, 0.05) is 11.3 Å². The third-order valence-corrected chi connectivity index (χ3v) is 6.97. The number of hydrogen-bond donors (Lipinski definition) is 1. The second kappa shape index (κ2) is 9.94. The highest BCUT2D eigenvalue weighted by Gasteiger charge is 2.35. The van der Waals surface area contributed by atoms with Crippen molar-refractivity contribution in [2.24, 2.45) is 0 Å². The van der Waals surface area contributed by atoms with Crippen molar-refractivity contribution in [2.45, 2.75) is 38.5 Å². The molecule has 1 aliphatic rings. The Morgan fingerprint density at radius 1 is 1.03 bits per heavy atom. The molecule has 1 N–H and O–H groups in total. The van der Waals surface area contributed by atoms with Gasteiger partial charge in [-0.15, -0.1) is 11.8 Å². The van der Waals surface area contributed by atoms with E-state index >= 15 is 0 Å². The van der Waals surface area contributed by atoms with Gasteiger partial charge in [0.1, 0.15) is 11.1 Å². The largest absolute Gasteiger partial charge is 0.492 e. The number of ether oxygens (including phenoxy) is 1. The van der Waals surface area contributed by atoms with E-state index in [2.05, 4.69) is 26.1 Å². The monoisotopic (exact) mass is 474 g/mol. The van der Waals surface area contributed by atoms with E-state index in [1.807, 2.05) is 79.7 Å². The fraction of sp³-hybridized carbons (Fsp3) is 0.286. The van der Waals surface area contributed by atoms with E-state index in [1.165, 1.54) is 5.56 Å². The van der Waals surface area contributed by atoms with Crippen LogP contribution < -0.4 is 15.0 Å². The van der Waals surface area contributed by atoms with Crippen LogP contribution in [0.15, 0.2) is 72.8 Å². The van der Waals surface area contributed by atoms with Crippen LogP contribution in [-0.2, 0) is 10.2 Å². The number of nitrogens with one attached hydrogen (secondary N) is 1. The molecule has 1 aliphatic heterocycles. The van der Waals surface area contributed by atoms with E-state index in [4.69, 9.17) is 4.74 Å². The van der Waals surface area contributed by atoms with Gasteiger partial charge in [0.25, 0.3) is 5.91 Å². The summed E-state index contributed by atoms with van der Waals surface area (Å²) >= 11 is 1.59. The molecule has 5 nitrogen and oxygen atoms in total. The van der Waals surface area contributed by atoms with Gasteiger partial charge in [-0.25, -0.2) is 0 Å². The van der Waals surface area contributed by atoms with Crippen molar-refractivity contribution in [1.29, 1.82) is 0 Å². The minimum atomic E-state index is -0.149. The lowest BCUT2D eigenvalue weighted by molar-refractivity contribution is -0.115. The Hall–Kier alpha value is -3.25. The lowest BCUT2D eigenvalue weighted by atomic mass is 9.87. The summed E-state index contributed by atoms with van der Waals surface area (Å²) in [5.74, 6) is 1.02. The number of nitrogens with zero attached hydrogens (tertiary/aromatic N) is 1. The Morgan fingerprint density at radius 2 is 1.71 bits per heavy atom. The summed E-state index contributed by atoms with van der Waals surface area (Å²) in [5, 5.41) is 2.82. The van der Waals surface area contributed by atoms with Gasteiger partial charge in [0.05, 0.1) is 18.0 Å². The molecule has 1 fully saturated rings. The SMILES string of the molecule is CCOc1ccccc1N1C(=O)CS[C@@H]1c1ccc(NC(=O)c2ccc(C(C)(C)C)cc2)cc1. The number of anilines is 2. The van der Waals surface area contributed by atoms with Crippen LogP contribution in [-0.4, -0.2) is 24.2 Å². The molecule has 6 heteroatoms. The molecule has 0 unspecified atom stereocenters. The standard InChI is InChI=1S/C28H30N2O3S/c1-5-33-24-9-7-6-8-23(24)30-25(31)18-34-27(30)20-12-16-22(17-13-20)29-26(32)19-10-14-21(15-11-19)28(2,3)4/h6-17,27H,5,18H2,1-4H3,(H,29,32)/t27-/m1/s1. The number of carbonyl (C=O) groups is 2. The van der Waals surface area contributed by atoms with Gasteiger partial charge < -0.3 is 10.1 Å². The summed E-state index contributed by atoms with van der Waals surface area (Å²) < 4.78 is 5.76. The van der Waals surface area contributed by atoms with Gasteiger partial charge in [-0.3, -0.25) is 14.5 Å². The van der Waals surface area contributed by atoms with Gasteiger partial charge in [-0.1, -0.05) is 57.2 Å². The zero-order valence-corrected chi connectivity index (χ0v) is 20.8. The third-order valence-electron chi connectivity index (χ3n) is 5.76. The fourth-order valence-corrected chi connectivity index (χ4v) is 5.09. The number of thioether (sulfide) groups is 1. The van der Waals surface area contributed by atoms with Crippen LogP contribution in [0, 0.1) is 0 Å². The van der Waals surface area contributed by atoms with Crippen molar-refractivity contribution in [2.75, 3.05) is 22.6 Å². The summed E-state index contributed by atoms with van der Waals surface area (Å²) in [6.45, 7) is 8.91. The molecule has 0 radical (unpaired) electrons. The summed E-state index contributed by atoms with van der Waals surface area (Å²) in [7, 11) is 0. The number of hydrogen-bond acceptors (Lipinski definition) is 4. The van der Waals surface area contributed by atoms with Crippen molar-refractivity contribution >= 4 is 35.0 Å². The number of amides is 2. The van der Waals surface area contributed by atoms with E-state index in [9.17, 15) is 9.59 Å². The van der Waals surface area contributed by atoms with Crippen LogP contribution in [0.3, 0.4) is 0 Å². The molecule has 1 saturated heterocycles. The van der Waals surface area contributed by atoms with Crippen LogP contribution in [0.25, 0.3) is 0 Å². The van der Waals surface area contributed by atoms with Crippen LogP contribution in [0.2, 0.25) is 0 Å². The second-order valence-electron chi connectivity index (χ2n) is 9.23. The molecule has 2 amide bonds. The predicted molar refractivity (Wildman–Crippen MR) is 140 cm³/mol. The number of carbonyl (C=O) groups excluding carboxylic acids is 2. The first-order chi connectivity index (χ1) is 16.3. The summed E-state index contributed by atoms with van der Waals surface area (Å²) in [6.07, 6.45) is 0. The average molecular weight is 475 g/mol. The molecule has 3 aromatic carbocycles. The highest BCUT2D eigenvalue weighted by Crippen LogP contribution is 2.44.